The van der Waals surface area contributed by atoms with Gasteiger partial charge >= 0.3 is 5.63 Å². The minimum absolute atomic E-state index is 0.232. The van der Waals surface area contributed by atoms with E-state index in [4.69, 9.17) is 4.42 Å². The standard InChI is InChI=1S/C18H17FN2O4S/c1-11-15-10-13(19)6-7-17(15)25-18(22)16(11)9-12-4-3-5-14(8-12)21-26(23,24)20-2/h3-8,10,20-21H,9H2,1-2H3. The van der Waals surface area contributed by atoms with E-state index in [2.05, 4.69) is 9.44 Å². The molecule has 0 aliphatic rings. The normalized spacial score (nSPS) is 11.7. The molecule has 6 nitrogen and oxygen atoms in total. The molecule has 0 spiro atoms. The first-order valence-electron chi connectivity index (χ1n) is 7.81. The zero-order valence-electron chi connectivity index (χ0n) is 14.2. The first kappa shape index (κ1) is 18.1. The third-order valence-electron chi connectivity index (χ3n) is 4.08. The average molecular weight is 376 g/mol. The highest BCUT2D eigenvalue weighted by atomic mass is 32.2. The van der Waals surface area contributed by atoms with Crippen LogP contribution in [0.15, 0.2) is 51.7 Å². The van der Waals surface area contributed by atoms with Gasteiger partial charge in [-0.3, -0.25) is 4.72 Å². The molecule has 0 saturated carbocycles. The van der Waals surface area contributed by atoms with Crippen LogP contribution < -0.4 is 15.1 Å². The molecule has 8 heteroatoms. The maximum Gasteiger partial charge on any atom is 0.340 e. The van der Waals surface area contributed by atoms with Crippen LogP contribution in [0.25, 0.3) is 11.0 Å². The van der Waals surface area contributed by atoms with Gasteiger partial charge in [-0.25, -0.2) is 13.9 Å². The monoisotopic (exact) mass is 376 g/mol. The fourth-order valence-electron chi connectivity index (χ4n) is 2.72. The number of hydrogen-bond acceptors (Lipinski definition) is 4. The van der Waals surface area contributed by atoms with Crippen molar-refractivity contribution in [3.63, 3.8) is 0 Å². The van der Waals surface area contributed by atoms with E-state index in [1.807, 2.05) is 0 Å². The first-order valence-corrected chi connectivity index (χ1v) is 9.29. The lowest BCUT2D eigenvalue weighted by molar-refractivity contribution is 0.548. The smallest absolute Gasteiger partial charge is 0.340 e. The first-order chi connectivity index (χ1) is 12.3. The van der Waals surface area contributed by atoms with E-state index in [9.17, 15) is 17.6 Å². The minimum Gasteiger partial charge on any atom is -0.422 e. The van der Waals surface area contributed by atoms with Crippen LogP contribution in [-0.4, -0.2) is 15.5 Å². The molecule has 0 saturated heterocycles. The molecule has 0 aliphatic carbocycles. The quantitative estimate of drug-likeness (QED) is 0.670. The van der Waals surface area contributed by atoms with E-state index < -0.39 is 21.7 Å². The summed E-state index contributed by atoms with van der Waals surface area (Å²) in [5.74, 6) is -0.413. The Kier molecular flexibility index (Phi) is 4.80. The Morgan fingerprint density at radius 2 is 1.92 bits per heavy atom. The van der Waals surface area contributed by atoms with E-state index >= 15 is 0 Å². The van der Waals surface area contributed by atoms with Gasteiger partial charge in [-0.05, 0) is 48.4 Å². The van der Waals surface area contributed by atoms with Crippen molar-refractivity contribution in [2.45, 2.75) is 13.3 Å². The highest BCUT2D eigenvalue weighted by molar-refractivity contribution is 7.90. The lowest BCUT2D eigenvalue weighted by atomic mass is 9.99. The van der Waals surface area contributed by atoms with Crippen molar-refractivity contribution in [1.29, 1.82) is 0 Å². The molecule has 3 rings (SSSR count). The number of aryl methyl sites for hydroxylation is 1. The second-order valence-electron chi connectivity index (χ2n) is 5.82. The van der Waals surface area contributed by atoms with Crippen LogP contribution in [0.5, 0.6) is 0 Å². The summed E-state index contributed by atoms with van der Waals surface area (Å²) < 4.78 is 46.6. The van der Waals surface area contributed by atoms with E-state index in [-0.39, 0.29) is 6.42 Å². The fraction of sp³-hybridized carbons (Fsp3) is 0.167. The molecule has 0 fully saturated rings. The van der Waals surface area contributed by atoms with Crippen molar-refractivity contribution < 1.29 is 17.2 Å². The molecular weight excluding hydrogens is 359 g/mol. The Morgan fingerprint density at radius 1 is 1.15 bits per heavy atom. The number of benzene rings is 2. The highest BCUT2D eigenvalue weighted by Crippen LogP contribution is 2.23. The van der Waals surface area contributed by atoms with Crippen LogP contribution in [0.4, 0.5) is 10.1 Å². The maximum atomic E-state index is 13.5. The molecule has 2 aromatic carbocycles. The van der Waals surface area contributed by atoms with Crippen LogP contribution in [0.3, 0.4) is 0 Å². The topological polar surface area (TPSA) is 88.4 Å². The average Bonchev–Trinajstić information content (AvgIpc) is 2.59. The molecule has 1 aromatic heterocycles. The van der Waals surface area contributed by atoms with Crippen LogP contribution in [-0.2, 0) is 16.6 Å². The van der Waals surface area contributed by atoms with E-state index in [1.165, 1.54) is 25.2 Å². The Hall–Kier alpha value is -2.71. The van der Waals surface area contributed by atoms with E-state index in [0.717, 1.165) is 0 Å². The molecule has 0 radical (unpaired) electrons. The largest absolute Gasteiger partial charge is 0.422 e. The SMILES string of the molecule is CNS(=O)(=O)Nc1cccc(Cc2c(C)c3cc(F)ccc3oc2=O)c1. The molecule has 0 amide bonds. The van der Waals surface area contributed by atoms with Crippen molar-refractivity contribution in [2.75, 3.05) is 11.8 Å². The molecule has 26 heavy (non-hydrogen) atoms. The van der Waals surface area contributed by atoms with Crippen molar-refractivity contribution in [3.05, 3.63) is 75.4 Å². The molecular formula is C18H17FN2O4S. The summed E-state index contributed by atoms with van der Waals surface area (Å²) >= 11 is 0. The minimum atomic E-state index is -3.63. The van der Waals surface area contributed by atoms with Crippen LogP contribution in [0.2, 0.25) is 0 Å². The summed E-state index contributed by atoms with van der Waals surface area (Å²) in [6.07, 6.45) is 0.232. The van der Waals surface area contributed by atoms with Gasteiger partial charge in [-0.2, -0.15) is 8.42 Å². The second-order valence-corrected chi connectivity index (χ2v) is 7.44. The van der Waals surface area contributed by atoms with Gasteiger partial charge in [0, 0.05) is 24.4 Å². The summed E-state index contributed by atoms with van der Waals surface area (Å²) in [7, 11) is -2.33. The van der Waals surface area contributed by atoms with E-state index in [0.29, 0.717) is 33.3 Å². The fourth-order valence-corrected chi connectivity index (χ4v) is 3.26. The van der Waals surface area contributed by atoms with Gasteiger partial charge in [0.05, 0.1) is 5.69 Å². The number of nitrogens with one attached hydrogen (secondary N) is 2. The summed E-state index contributed by atoms with van der Waals surface area (Å²) in [5.41, 5.74) is 1.95. The lowest BCUT2D eigenvalue weighted by Crippen LogP contribution is -2.26. The van der Waals surface area contributed by atoms with Crippen LogP contribution >= 0.6 is 0 Å². The number of halogens is 1. The summed E-state index contributed by atoms with van der Waals surface area (Å²) in [4.78, 5) is 12.3. The van der Waals surface area contributed by atoms with Crippen molar-refractivity contribution in [1.82, 2.24) is 4.72 Å². The van der Waals surface area contributed by atoms with E-state index in [1.54, 1.807) is 31.2 Å². The Morgan fingerprint density at radius 3 is 2.65 bits per heavy atom. The zero-order valence-corrected chi connectivity index (χ0v) is 15.0. The zero-order chi connectivity index (χ0) is 18.9. The van der Waals surface area contributed by atoms with Gasteiger partial charge in [0.1, 0.15) is 11.4 Å². The maximum absolute atomic E-state index is 13.5. The molecule has 2 N–H and O–H groups in total. The van der Waals surface area contributed by atoms with Crippen molar-refractivity contribution in [3.8, 4) is 0 Å². The van der Waals surface area contributed by atoms with Gasteiger partial charge in [-0.15, -0.1) is 0 Å². The van der Waals surface area contributed by atoms with Crippen molar-refractivity contribution >= 4 is 26.9 Å². The third kappa shape index (κ3) is 3.76. The second kappa shape index (κ2) is 6.89. The Bertz CT molecular complexity index is 1140. The highest BCUT2D eigenvalue weighted by Gasteiger charge is 2.13. The van der Waals surface area contributed by atoms with Gasteiger partial charge in [0.15, 0.2) is 0 Å². The number of rotatable bonds is 5. The van der Waals surface area contributed by atoms with Gasteiger partial charge < -0.3 is 4.42 Å². The van der Waals surface area contributed by atoms with Crippen molar-refractivity contribution in [2.24, 2.45) is 0 Å². The molecule has 0 atom stereocenters. The third-order valence-corrected chi connectivity index (χ3v) is 5.12. The summed E-state index contributed by atoms with van der Waals surface area (Å²) in [6, 6.07) is 10.7. The predicted molar refractivity (Wildman–Crippen MR) is 98.0 cm³/mol. The van der Waals surface area contributed by atoms with Gasteiger partial charge in [-0.1, -0.05) is 12.1 Å². The number of fused-ring (bicyclic) bond motifs is 1. The summed E-state index contributed by atoms with van der Waals surface area (Å²) in [6.45, 7) is 1.74. The predicted octanol–water partition coefficient (Wildman–Crippen LogP) is 2.71. The van der Waals surface area contributed by atoms with Crippen LogP contribution in [0.1, 0.15) is 16.7 Å². The van der Waals surface area contributed by atoms with Crippen LogP contribution in [0, 0.1) is 12.7 Å². The Balaban J connectivity index is 2.00. The molecule has 0 unspecified atom stereocenters. The molecule has 3 aromatic rings. The van der Waals surface area contributed by atoms with Gasteiger partial charge in [0.25, 0.3) is 10.2 Å². The summed E-state index contributed by atoms with van der Waals surface area (Å²) in [5, 5.41) is 0.534. The number of hydrogen-bond donors (Lipinski definition) is 2. The molecule has 0 aliphatic heterocycles. The number of anilines is 1. The Labute approximate surface area is 149 Å². The molecule has 0 bridgehead atoms. The lowest BCUT2D eigenvalue weighted by Gasteiger charge is -2.10. The van der Waals surface area contributed by atoms with Gasteiger partial charge in [0.2, 0.25) is 0 Å². The molecule has 136 valence electrons. The molecule has 1 heterocycles.